The lowest BCUT2D eigenvalue weighted by molar-refractivity contribution is -0.151. The van der Waals surface area contributed by atoms with E-state index in [0.29, 0.717) is 25.7 Å². The molecule has 0 aliphatic carbocycles. The maximum absolute atomic E-state index is 13.1. The molecule has 0 aliphatic rings. The van der Waals surface area contributed by atoms with Crippen LogP contribution in [0.15, 0.2) is 72.9 Å². The molecule has 56 heavy (non-hydrogen) atoms. The number of ether oxygens (including phenoxy) is 1. The zero-order chi connectivity index (χ0) is 41.0. The predicted octanol–water partition coefficient (Wildman–Crippen LogP) is 13.4. The Morgan fingerprint density at radius 3 is 1.52 bits per heavy atom. The molecule has 0 saturated carbocycles. The second-order valence-corrected chi connectivity index (χ2v) is 15.5. The third kappa shape index (κ3) is 38.2. The highest BCUT2D eigenvalue weighted by molar-refractivity contribution is 5.77. The minimum atomic E-state index is -0.804. The summed E-state index contributed by atoms with van der Waals surface area (Å²) in [6.45, 7) is 6.28. The number of carbonyl (C=O) groups is 2. The maximum Gasteiger partial charge on any atom is 0.306 e. The Kier molecular flexibility index (Phi) is 41.3. The van der Waals surface area contributed by atoms with Gasteiger partial charge in [-0.25, -0.2) is 0 Å². The number of rotatable bonds is 40. The molecule has 6 heteroatoms. The highest BCUT2D eigenvalue weighted by Crippen LogP contribution is 2.16. The number of hydrogen-bond donors (Lipinski definition) is 3. The number of carbonyl (C=O) groups excluding carboxylic acids is 2. The first-order valence-corrected chi connectivity index (χ1v) is 23.2. The number of esters is 1. The molecule has 0 heterocycles. The molecule has 0 aromatic rings. The van der Waals surface area contributed by atoms with Crippen LogP contribution in [-0.2, 0) is 14.3 Å². The minimum absolute atomic E-state index is 0.0356. The fourth-order valence-electron chi connectivity index (χ4n) is 6.63. The normalized spacial score (nSPS) is 14.0. The average molecular weight is 782 g/mol. The molecular formula is C50H87NO5. The molecule has 0 rings (SSSR count). The molecule has 0 saturated heterocycles. The van der Waals surface area contributed by atoms with Crippen LogP contribution < -0.4 is 5.32 Å². The quantitative estimate of drug-likeness (QED) is 0.0249. The van der Waals surface area contributed by atoms with E-state index in [0.717, 1.165) is 64.2 Å². The average Bonchev–Trinajstić information content (AvgIpc) is 3.19. The number of aliphatic hydroxyl groups excluding tert-OH is 2. The Morgan fingerprint density at radius 2 is 0.982 bits per heavy atom. The van der Waals surface area contributed by atoms with Gasteiger partial charge in [0.1, 0.15) is 6.10 Å². The van der Waals surface area contributed by atoms with Gasteiger partial charge in [0.05, 0.1) is 25.2 Å². The topological polar surface area (TPSA) is 95.9 Å². The van der Waals surface area contributed by atoms with Crippen molar-refractivity contribution >= 4 is 11.9 Å². The van der Waals surface area contributed by atoms with Crippen molar-refractivity contribution in [3.63, 3.8) is 0 Å². The zero-order valence-corrected chi connectivity index (χ0v) is 36.5. The van der Waals surface area contributed by atoms with E-state index in [1.807, 2.05) is 54.7 Å². The molecule has 0 aromatic heterocycles. The van der Waals surface area contributed by atoms with Crippen LogP contribution in [0.4, 0.5) is 0 Å². The SMILES string of the molecule is CC/C=C/C=C/C=C\C=C/C=C/CCCC(=O)OC(CCCCC/C=C/CCCCCCCCC)CC(=O)NC(CO)C(O)CCCCCCCCCCCC. The number of nitrogens with one attached hydrogen (secondary N) is 1. The fourth-order valence-corrected chi connectivity index (χ4v) is 6.63. The standard InChI is InChI=1S/C50H87NO5/c1-4-7-10-13-16-19-22-24-26-27-29-32-35-38-41-46(56-50(55)43-40-37-34-31-28-25-23-20-17-14-11-8-5-2)44-49(54)51-47(45-52)48(53)42-39-36-33-30-21-18-15-12-9-6-3/h8,11,14,17,20,23,25-28,31,34,46-48,52-53H,4-7,9-10,12-13,15-16,18-19,21-22,24,29-30,32-33,35-45H2,1-3H3,(H,51,54)/b11-8+,17-14+,23-20-,27-26+,28-25-,34-31+. The lowest BCUT2D eigenvalue weighted by Gasteiger charge is -2.24. The second-order valence-electron chi connectivity index (χ2n) is 15.5. The Bertz CT molecular complexity index is 1060. The van der Waals surface area contributed by atoms with Gasteiger partial charge in [-0.15, -0.1) is 0 Å². The molecule has 0 radical (unpaired) electrons. The first kappa shape index (κ1) is 53.3. The van der Waals surface area contributed by atoms with Crippen LogP contribution in [0, 0.1) is 0 Å². The number of allylic oxidation sites excluding steroid dienone is 12. The van der Waals surface area contributed by atoms with Gasteiger partial charge < -0.3 is 20.3 Å². The van der Waals surface area contributed by atoms with Gasteiger partial charge in [0.15, 0.2) is 0 Å². The molecule has 0 aromatic carbocycles. The van der Waals surface area contributed by atoms with Gasteiger partial charge in [-0.2, -0.15) is 0 Å². The first-order valence-electron chi connectivity index (χ1n) is 23.2. The number of unbranched alkanes of at least 4 members (excludes halogenated alkanes) is 20. The van der Waals surface area contributed by atoms with Crippen molar-refractivity contribution in [2.75, 3.05) is 6.61 Å². The second kappa shape index (κ2) is 43.4. The van der Waals surface area contributed by atoms with E-state index < -0.39 is 18.2 Å². The van der Waals surface area contributed by atoms with Crippen LogP contribution >= 0.6 is 0 Å². The van der Waals surface area contributed by atoms with Crippen molar-refractivity contribution in [1.82, 2.24) is 5.32 Å². The Morgan fingerprint density at radius 1 is 0.536 bits per heavy atom. The van der Waals surface area contributed by atoms with Crippen molar-refractivity contribution in [3.05, 3.63) is 72.9 Å². The molecule has 1 amide bonds. The first-order chi connectivity index (χ1) is 27.5. The summed E-state index contributed by atoms with van der Waals surface area (Å²) in [5, 5.41) is 23.6. The van der Waals surface area contributed by atoms with Gasteiger partial charge in [0, 0.05) is 6.42 Å². The highest BCUT2D eigenvalue weighted by atomic mass is 16.5. The van der Waals surface area contributed by atoms with Crippen LogP contribution in [-0.4, -0.2) is 46.9 Å². The summed E-state index contributed by atoms with van der Waals surface area (Å²) in [5.74, 6) is -0.583. The van der Waals surface area contributed by atoms with Crippen LogP contribution in [0.5, 0.6) is 0 Å². The van der Waals surface area contributed by atoms with E-state index in [1.54, 1.807) is 0 Å². The Balaban J connectivity index is 4.76. The molecule has 6 nitrogen and oxygen atoms in total. The van der Waals surface area contributed by atoms with Gasteiger partial charge >= 0.3 is 5.97 Å². The molecule has 3 atom stereocenters. The van der Waals surface area contributed by atoms with Crippen LogP contribution in [0.1, 0.15) is 207 Å². The van der Waals surface area contributed by atoms with Crippen molar-refractivity contribution in [3.8, 4) is 0 Å². The lowest BCUT2D eigenvalue weighted by atomic mass is 10.0. The van der Waals surface area contributed by atoms with Crippen LogP contribution in [0.2, 0.25) is 0 Å². The molecule has 0 aliphatic heterocycles. The third-order valence-corrected chi connectivity index (χ3v) is 10.1. The summed E-state index contributed by atoms with van der Waals surface area (Å²) in [6.07, 6.45) is 53.9. The highest BCUT2D eigenvalue weighted by Gasteiger charge is 2.24. The van der Waals surface area contributed by atoms with Crippen molar-refractivity contribution in [1.29, 1.82) is 0 Å². The summed E-state index contributed by atoms with van der Waals surface area (Å²) in [7, 11) is 0. The van der Waals surface area contributed by atoms with E-state index in [4.69, 9.17) is 4.74 Å². The van der Waals surface area contributed by atoms with Gasteiger partial charge in [0.2, 0.25) is 5.91 Å². The summed E-state index contributed by atoms with van der Waals surface area (Å²) in [4.78, 5) is 26.0. The van der Waals surface area contributed by atoms with Gasteiger partial charge in [-0.1, -0.05) is 203 Å². The molecule has 0 bridgehead atoms. The molecule has 3 N–H and O–H groups in total. The molecule has 322 valence electrons. The maximum atomic E-state index is 13.1. The zero-order valence-electron chi connectivity index (χ0n) is 36.5. The number of amides is 1. The van der Waals surface area contributed by atoms with Crippen molar-refractivity contribution < 1.29 is 24.5 Å². The van der Waals surface area contributed by atoms with E-state index in [9.17, 15) is 19.8 Å². The smallest absolute Gasteiger partial charge is 0.306 e. The monoisotopic (exact) mass is 782 g/mol. The van der Waals surface area contributed by atoms with Gasteiger partial charge in [-0.3, -0.25) is 9.59 Å². The molecular weight excluding hydrogens is 695 g/mol. The predicted molar refractivity (Wildman–Crippen MR) is 241 cm³/mol. The van der Waals surface area contributed by atoms with E-state index >= 15 is 0 Å². The Hall–Kier alpha value is -2.70. The van der Waals surface area contributed by atoms with E-state index in [-0.39, 0.29) is 24.9 Å². The summed E-state index contributed by atoms with van der Waals surface area (Å²) < 4.78 is 5.86. The Labute approximate surface area is 345 Å². The summed E-state index contributed by atoms with van der Waals surface area (Å²) >= 11 is 0. The number of hydrogen-bond acceptors (Lipinski definition) is 5. The molecule has 3 unspecified atom stereocenters. The fraction of sp³-hybridized carbons (Fsp3) is 0.720. The lowest BCUT2D eigenvalue weighted by Crippen LogP contribution is -2.46. The van der Waals surface area contributed by atoms with Crippen molar-refractivity contribution in [2.45, 2.75) is 225 Å². The number of aliphatic hydroxyl groups is 2. The molecule has 0 spiro atoms. The van der Waals surface area contributed by atoms with E-state index in [1.165, 1.54) is 89.9 Å². The van der Waals surface area contributed by atoms with Crippen LogP contribution in [0.3, 0.4) is 0 Å². The van der Waals surface area contributed by atoms with Gasteiger partial charge in [0.25, 0.3) is 0 Å². The van der Waals surface area contributed by atoms with Crippen LogP contribution in [0.25, 0.3) is 0 Å². The minimum Gasteiger partial charge on any atom is -0.462 e. The van der Waals surface area contributed by atoms with E-state index in [2.05, 4.69) is 44.3 Å². The summed E-state index contributed by atoms with van der Waals surface area (Å²) in [6, 6.07) is -0.721. The largest absolute Gasteiger partial charge is 0.462 e. The third-order valence-electron chi connectivity index (χ3n) is 10.1. The molecule has 0 fully saturated rings. The van der Waals surface area contributed by atoms with Gasteiger partial charge in [-0.05, 0) is 64.2 Å². The van der Waals surface area contributed by atoms with Crippen molar-refractivity contribution in [2.24, 2.45) is 0 Å². The summed E-state index contributed by atoms with van der Waals surface area (Å²) in [5.41, 5.74) is 0.